The number of nitrogens with zero attached hydrogens (tertiary/aromatic N) is 2. The highest BCUT2D eigenvalue weighted by Crippen LogP contribution is 2.28. The van der Waals surface area contributed by atoms with Gasteiger partial charge in [-0.05, 0) is 50.3 Å². The van der Waals surface area contributed by atoms with Gasteiger partial charge in [-0.2, -0.15) is 0 Å². The smallest absolute Gasteiger partial charge is 0.269 e. The maximum atomic E-state index is 12.4. The van der Waals surface area contributed by atoms with Crippen LogP contribution in [0.15, 0.2) is 24.3 Å². The lowest BCUT2D eigenvalue weighted by Crippen LogP contribution is -2.45. The van der Waals surface area contributed by atoms with Gasteiger partial charge in [0, 0.05) is 36.8 Å². The molecule has 1 heterocycles. The first-order chi connectivity index (χ1) is 10.6. The molecule has 0 atom stereocenters. The third-order valence-corrected chi connectivity index (χ3v) is 4.50. The van der Waals surface area contributed by atoms with Crippen molar-refractivity contribution < 1.29 is 9.72 Å². The van der Waals surface area contributed by atoms with E-state index in [-0.39, 0.29) is 11.6 Å². The summed E-state index contributed by atoms with van der Waals surface area (Å²) in [6.45, 7) is 2.61. The van der Waals surface area contributed by atoms with E-state index < -0.39 is 4.92 Å². The Bertz CT molecular complexity index is 546. The predicted molar refractivity (Wildman–Crippen MR) is 82.7 cm³/mol. The molecule has 1 aliphatic carbocycles. The molecule has 0 radical (unpaired) electrons. The molecule has 1 aromatic carbocycles. The van der Waals surface area contributed by atoms with Crippen molar-refractivity contribution in [3.8, 4) is 0 Å². The molecule has 118 valence electrons. The van der Waals surface area contributed by atoms with E-state index in [0.717, 1.165) is 38.4 Å². The number of carbonyl (C=O) groups excluding carboxylic acids is 1. The molecule has 6 heteroatoms. The summed E-state index contributed by atoms with van der Waals surface area (Å²) < 4.78 is 0. The molecule has 2 fully saturated rings. The molecule has 2 aliphatic rings. The van der Waals surface area contributed by atoms with Crippen LogP contribution < -0.4 is 5.32 Å². The average molecular weight is 303 g/mol. The van der Waals surface area contributed by atoms with Crippen molar-refractivity contribution >= 4 is 11.6 Å². The number of nitrogens with one attached hydrogen (secondary N) is 1. The Morgan fingerprint density at radius 3 is 2.36 bits per heavy atom. The van der Waals surface area contributed by atoms with Crippen LogP contribution in [0.1, 0.15) is 36.0 Å². The number of non-ortho nitro benzene ring substituents is 1. The van der Waals surface area contributed by atoms with Gasteiger partial charge in [-0.1, -0.05) is 0 Å². The Hall–Kier alpha value is -1.95. The van der Waals surface area contributed by atoms with Gasteiger partial charge >= 0.3 is 0 Å². The molecule has 1 amide bonds. The minimum absolute atomic E-state index is 0.0135. The highest BCUT2D eigenvalue weighted by Gasteiger charge is 2.26. The molecule has 22 heavy (non-hydrogen) atoms. The first-order valence-electron chi connectivity index (χ1n) is 7.90. The Kier molecular flexibility index (Phi) is 4.38. The van der Waals surface area contributed by atoms with Crippen LogP contribution in [0.25, 0.3) is 0 Å². The number of rotatable bonds is 5. The number of likely N-dealkylation sites (tertiary alicyclic amines) is 1. The summed E-state index contributed by atoms with van der Waals surface area (Å²) >= 11 is 0. The lowest BCUT2D eigenvalue weighted by atomic mass is 10.0. The summed E-state index contributed by atoms with van der Waals surface area (Å²) in [6.07, 6.45) is 4.66. The first kappa shape index (κ1) is 15.0. The third kappa shape index (κ3) is 3.62. The van der Waals surface area contributed by atoms with Gasteiger partial charge < -0.3 is 10.2 Å². The molecule has 0 aromatic heterocycles. The van der Waals surface area contributed by atoms with E-state index in [1.165, 1.54) is 37.1 Å². The Balaban J connectivity index is 1.51. The predicted octanol–water partition coefficient (Wildman–Crippen LogP) is 2.20. The number of benzene rings is 1. The van der Waals surface area contributed by atoms with Crippen LogP contribution in [0.2, 0.25) is 0 Å². The monoisotopic (exact) mass is 303 g/mol. The van der Waals surface area contributed by atoms with Crippen molar-refractivity contribution in [3.05, 3.63) is 39.9 Å². The minimum atomic E-state index is -0.453. The molecule has 6 nitrogen and oxygen atoms in total. The van der Waals surface area contributed by atoms with Crippen LogP contribution in [0.5, 0.6) is 0 Å². The zero-order valence-electron chi connectivity index (χ0n) is 12.5. The topological polar surface area (TPSA) is 75.5 Å². The standard InChI is InChI=1S/C16H21N3O3/c20-16(13-3-5-15(6-4-13)19(21)22)18-9-7-14(8-10-18)17-11-12-1-2-12/h3-6,12,14,17H,1-2,7-11H2. The Labute approximate surface area is 129 Å². The molecule has 1 saturated heterocycles. The van der Waals surface area contributed by atoms with Crippen molar-refractivity contribution in [2.45, 2.75) is 31.7 Å². The number of hydrogen-bond donors (Lipinski definition) is 1. The highest BCUT2D eigenvalue weighted by molar-refractivity contribution is 5.94. The fourth-order valence-corrected chi connectivity index (χ4v) is 2.85. The summed E-state index contributed by atoms with van der Waals surface area (Å²) in [4.78, 5) is 24.4. The highest BCUT2D eigenvalue weighted by atomic mass is 16.6. The number of amides is 1. The van der Waals surface area contributed by atoms with Gasteiger partial charge in [-0.15, -0.1) is 0 Å². The molecule has 1 N–H and O–H groups in total. The second-order valence-electron chi connectivity index (χ2n) is 6.22. The number of nitro groups is 1. The molecule has 3 rings (SSSR count). The maximum Gasteiger partial charge on any atom is 0.269 e. The van der Waals surface area contributed by atoms with Crippen molar-refractivity contribution in [1.82, 2.24) is 10.2 Å². The molecular weight excluding hydrogens is 282 g/mol. The van der Waals surface area contributed by atoms with Crippen LogP contribution in [0, 0.1) is 16.0 Å². The normalized spacial score (nSPS) is 19.2. The van der Waals surface area contributed by atoms with Crippen LogP contribution in [0.3, 0.4) is 0 Å². The maximum absolute atomic E-state index is 12.4. The molecule has 1 aliphatic heterocycles. The lowest BCUT2D eigenvalue weighted by Gasteiger charge is -2.32. The fraction of sp³-hybridized carbons (Fsp3) is 0.562. The quantitative estimate of drug-likeness (QED) is 0.668. The Morgan fingerprint density at radius 1 is 1.18 bits per heavy atom. The van der Waals surface area contributed by atoms with Gasteiger partial charge in [0.25, 0.3) is 11.6 Å². The molecular formula is C16H21N3O3. The average Bonchev–Trinajstić information content (AvgIpc) is 3.37. The SMILES string of the molecule is O=C(c1ccc([N+](=O)[O-])cc1)N1CCC(NCC2CC2)CC1. The zero-order valence-corrected chi connectivity index (χ0v) is 12.5. The van der Waals surface area contributed by atoms with E-state index in [4.69, 9.17) is 0 Å². The van der Waals surface area contributed by atoms with Crippen molar-refractivity contribution in [2.24, 2.45) is 5.92 Å². The summed E-state index contributed by atoms with van der Waals surface area (Å²) in [5, 5.41) is 14.2. The third-order valence-electron chi connectivity index (χ3n) is 4.50. The molecule has 1 aromatic rings. The van der Waals surface area contributed by atoms with Gasteiger partial charge in [0.1, 0.15) is 0 Å². The second kappa shape index (κ2) is 6.44. The number of hydrogen-bond acceptors (Lipinski definition) is 4. The van der Waals surface area contributed by atoms with Gasteiger partial charge in [-0.3, -0.25) is 14.9 Å². The van der Waals surface area contributed by atoms with E-state index >= 15 is 0 Å². The Morgan fingerprint density at radius 2 is 1.82 bits per heavy atom. The van der Waals surface area contributed by atoms with E-state index in [0.29, 0.717) is 11.6 Å². The van der Waals surface area contributed by atoms with Gasteiger partial charge in [0.05, 0.1) is 4.92 Å². The van der Waals surface area contributed by atoms with Crippen LogP contribution in [-0.2, 0) is 0 Å². The van der Waals surface area contributed by atoms with Gasteiger partial charge in [0.2, 0.25) is 0 Å². The van der Waals surface area contributed by atoms with E-state index in [1.54, 1.807) is 0 Å². The summed E-state index contributed by atoms with van der Waals surface area (Å²) in [6, 6.07) is 6.37. The van der Waals surface area contributed by atoms with Gasteiger partial charge in [0.15, 0.2) is 0 Å². The number of piperidine rings is 1. The van der Waals surface area contributed by atoms with Crippen LogP contribution in [-0.4, -0.2) is 41.4 Å². The molecule has 1 saturated carbocycles. The van der Waals surface area contributed by atoms with Gasteiger partial charge in [-0.25, -0.2) is 0 Å². The lowest BCUT2D eigenvalue weighted by molar-refractivity contribution is -0.384. The molecule has 0 unspecified atom stereocenters. The minimum Gasteiger partial charge on any atom is -0.339 e. The fourth-order valence-electron chi connectivity index (χ4n) is 2.85. The summed E-state index contributed by atoms with van der Waals surface area (Å²) in [7, 11) is 0. The van der Waals surface area contributed by atoms with Crippen LogP contribution >= 0.6 is 0 Å². The van der Waals surface area contributed by atoms with Crippen molar-refractivity contribution in [3.63, 3.8) is 0 Å². The summed E-state index contributed by atoms with van der Waals surface area (Å²) in [5.41, 5.74) is 0.537. The van der Waals surface area contributed by atoms with E-state index in [2.05, 4.69) is 5.32 Å². The first-order valence-corrected chi connectivity index (χ1v) is 7.90. The van der Waals surface area contributed by atoms with E-state index in [1.807, 2.05) is 4.90 Å². The van der Waals surface area contributed by atoms with Crippen molar-refractivity contribution in [2.75, 3.05) is 19.6 Å². The number of carbonyl (C=O) groups is 1. The van der Waals surface area contributed by atoms with Crippen LogP contribution in [0.4, 0.5) is 5.69 Å². The van der Waals surface area contributed by atoms with Crippen molar-refractivity contribution in [1.29, 1.82) is 0 Å². The summed E-state index contributed by atoms with van der Waals surface area (Å²) in [5.74, 6) is 0.843. The molecule has 0 spiro atoms. The second-order valence-corrected chi connectivity index (χ2v) is 6.22. The largest absolute Gasteiger partial charge is 0.339 e. The van der Waals surface area contributed by atoms with E-state index in [9.17, 15) is 14.9 Å². The molecule has 0 bridgehead atoms. The zero-order chi connectivity index (χ0) is 15.5. The number of nitro benzene ring substituents is 1.